The van der Waals surface area contributed by atoms with Gasteiger partial charge >= 0.3 is 5.97 Å². The van der Waals surface area contributed by atoms with E-state index in [1.807, 2.05) is 24.3 Å². The third-order valence-electron chi connectivity index (χ3n) is 4.43. The Hall–Kier alpha value is -3.05. The molecule has 3 amide bonds. The van der Waals surface area contributed by atoms with Gasteiger partial charge in [0.1, 0.15) is 18.6 Å². The van der Waals surface area contributed by atoms with E-state index in [4.69, 9.17) is 10.8 Å². The van der Waals surface area contributed by atoms with Gasteiger partial charge in [-0.3, -0.25) is 19.2 Å². The SMILES string of the molecule is CC(NC(=O)C(N)CS)C(=O)NC(Cc1c[nH]c2ccccc12)C(=O)NCC(=O)O. The van der Waals surface area contributed by atoms with Crippen molar-refractivity contribution in [2.75, 3.05) is 12.3 Å². The number of nitrogens with one attached hydrogen (secondary N) is 4. The molecule has 0 bridgehead atoms. The summed E-state index contributed by atoms with van der Waals surface area (Å²) in [6, 6.07) is 4.58. The molecule has 0 saturated heterocycles. The van der Waals surface area contributed by atoms with Crippen molar-refractivity contribution in [1.82, 2.24) is 20.9 Å². The number of rotatable bonds is 10. The average Bonchev–Trinajstić information content (AvgIpc) is 3.13. The first-order valence-corrected chi connectivity index (χ1v) is 9.87. The van der Waals surface area contributed by atoms with Crippen LogP contribution in [0.5, 0.6) is 0 Å². The van der Waals surface area contributed by atoms with Gasteiger partial charge in [0, 0.05) is 29.3 Å². The van der Waals surface area contributed by atoms with Gasteiger partial charge in [-0.05, 0) is 18.6 Å². The number of aromatic nitrogens is 1. The largest absolute Gasteiger partial charge is 0.480 e. The molecule has 0 spiro atoms. The standard InChI is InChI=1S/C19H25N5O5S/c1-10(23-18(28)13(20)9-30)17(27)24-15(19(29)22-8-16(25)26)6-11-7-21-14-5-3-2-4-12(11)14/h2-5,7,10,13,15,21,30H,6,8-9,20H2,1H3,(H,22,29)(H,23,28)(H,24,27)(H,25,26). The number of hydrogen-bond donors (Lipinski definition) is 7. The number of aliphatic carboxylic acids is 1. The Kier molecular flexibility index (Phi) is 8.25. The maximum Gasteiger partial charge on any atom is 0.322 e. The molecular weight excluding hydrogens is 410 g/mol. The number of aromatic amines is 1. The van der Waals surface area contributed by atoms with Gasteiger partial charge in [0.05, 0.1) is 6.04 Å². The molecule has 1 aromatic heterocycles. The quantitative estimate of drug-likeness (QED) is 0.240. The van der Waals surface area contributed by atoms with Gasteiger partial charge in [-0.1, -0.05) is 18.2 Å². The highest BCUT2D eigenvalue weighted by Crippen LogP contribution is 2.19. The smallest absolute Gasteiger partial charge is 0.322 e. The number of para-hydroxylation sites is 1. The Morgan fingerprint density at radius 3 is 2.50 bits per heavy atom. The second kappa shape index (κ2) is 10.6. The Bertz CT molecular complexity index is 931. The molecule has 30 heavy (non-hydrogen) atoms. The zero-order chi connectivity index (χ0) is 22.3. The van der Waals surface area contributed by atoms with E-state index in [1.54, 1.807) is 6.20 Å². The summed E-state index contributed by atoms with van der Waals surface area (Å²) in [5.41, 5.74) is 7.22. The van der Waals surface area contributed by atoms with Crippen molar-refractivity contribution in [2.24, 2.45) is 5.73 Å². The lowest BCUT2D eigenvalue weighted by Crippen LogP contribution is -2.55. The van der Waals surface area contributed by atoms with Crippen LogP contribution < -0.4 is 21.7 Å². The number of carboxylic acid groups (broad SMARTS) is 1. The first kappa shape index (κ1) is 23.2. The molecule has 0 aliphatic rings. The van der Waals surface area contributed by atoms with Crippen molar-refractivity contribution in [3.8, 4) is 0 Å². The van der Waals surface area contributed by atoms with Crippen LogP contribution in [-0.2, 0) is 25.6 Å². The first-order valence-electron chi connectivity index (χ1n) is 9.24. The number of H-pyrrole nitrogens is 1. The van der Waals surface area contributed by atoms with Crippen molar-refractivity contribution in [3.05, 3.63) is 36.0 Å². The maximum absolute atomic E-state index is 12.5. The van der Waals surface area contributed by atoms with E-state index >= 15 is 0 Å². The fourth-order valence-electron chi connectivity index (χ4n) is 2.78. The van der Waals surface area contributed by atoms with Crippen molar-refractivity contribution in [1.29, 1.82) is 0 Å². The summed E-state index contributed by atoms with van der Waals surface area (Å²) in [6.07, 6.45) is 1.85. The van der Waals surface area contributed by atoms with Crippen LogP contribution in [0.1, 0.15) is 12.5 Å². The Morgan fingerprint density at radius 1 is 1.13 bits per heavy atom. The summed E-state index contributed by atoms with van der Waals surface area (Å²) in [7, 11) is 0. The van der Waals surface area contributed by atoms with Gasteiger partial charge in [0.25, 0.3) is 0 Å². The Morgan fingerprint density at radius 2 is 1.83 bits per heavy atom. The predicted octanol–water partition coefficient (Wildman–Crippen LogP) is -0.842. The van der Waals surface area contributed by atoms with Crippen LogP contribution in [0, 0.1) is 0 Å². The summed E-state index contributed by atoms with van der Waals surface area (Å²) in [4.78, 5) is 50.8. The second-order valence-electron chi connectivity index (χ2n) is 6.76. The molecule has 0 aliphatic heterocycles. The van der Waals surface area contributed by atoms with Gasteiger partial charge in [0.2, 0.25) is 17.7 Å². The average molecular weight is 436 g/mol. The van der Waals surface area contributed by atoms with Gasteiger partial charge in [-0.25, -0.2) is 0 Å². The summed E-state index contributed by atoms with van der Waals surface area (Å²) in [5, 5.41) is 17.0. The van der Waals surface area contributed by atoms with E-state index in [1.165, 1.54) is 6.92 Å². The molecule has 0 aliphatic carbocycles. The van der Waals surface area contributed by atoms with Crippen LogP contribution in [0.4, 0.5) is 0 Å². The number of carbonyl (C=O) groups is 4. The number of carboxylic acids is 1. The first-order chi connectivity index (χ1) is 14.2. The molecule has 2 aromatic rings. The Labute approximate surface area is 178 Å². The van der Waals surface area contributed by atoms with Crippen molar-refractivity contribution < 1.29 is 24.3 Å². The van der Waals surface area contributed by atoms with Crippen LogP contribution in [-0.4, -0.2) is 64.2 Å². The van der Waals surface area contributed by atoms with Crippen molar-refractivity contribution in [3.63, 3.8) is 0 Å². The number of benzene rings is 1. The molecule has 3 unspecified atom stereocenters. The van der Waals surface area contributed by atoms with Crippen LogP contribution in [0.2, 0.25) is 0 Å². The molecule has 1 aromatic carbocycles. The molecule has 0 radical (unpaired) electrons. The van der Waals surface area contributed by atoms with Crippen LogP contribution in [0.3, 0.4) is 0 Å². The highest BCUT2D eigenvalue weighted by Gasteiger charge is 2.26. The fourth-order valence-corrected chi connectivity index (χ4v) is 2.95. The predicted molar refractivity (Wildman–Crippen MR) is 114 cm³/mol. The molecule has 11 heteroatoms. The van der Waals surface area contributed by atoms with E-state index < -0.39 is 48.4 Å². The van der Waals surface area contributed by atoms with Crippen LogP contribution in [0.25, 0.3) is 10.9 Å². The molecule has 10 nitrogen and oxygen atoms in total. The third kappa shape index (κ3) is 6.22. The van der Waals surface area contributed by atoms with E-state index in [-0.39, 0.29) is 12.2 Å². The lowest BCUT2D eigenvalue weighted by molar-refractivity contribution is -0.138. The summed E-state index contributed by atoms with van der Waals surface area (Å²) < 4.78 is 0. The number of thiol groups is 1. The number of carbonyl (C=O) groups excluding carboxylic acids is 3. The molecule has 1 heterocycles. The summed E-state index contributed by atoms with van der Waals surface area (Å²) in [5.74, 6) is -2.90. The maximum atomic E-state index is 12.5. The van der Waals surface area contributed by atoms with Gasteiger partial charge < -0.3 is 31.8 Å². The van der Waals surface area contributed by atoms with Crippen LogP contribution in [0.15, 0.2) is 30.5 Å². The Balaban J connectivity index is 2.14. The molecular formula is C19H25N5O5S. The lowest BCUT2D eigenvalue weighted by Gasteiger charge is -2.21. The van der Waals surface area contributed by atoms with Gasteiger partial charge in [0.15, 0.2) is 0 Å². The van der Waals surface area contributed by atoms with E-state index in [2.05, 4.69) is 33.6 Å². The zero-order valence-electron chi connectivity index (χ0n) is 16.3. The normalized spacial score (nSPS) is 13.8. The fraction of sp³-hybridized carbons (Fsp3) is 0.368. The molecule has 0 saturated carbocycles. The monoisotopic (exact) mass is 435 g/mol. The lowest BCUT2D eigenvalue weighted by atomic mass is 10.0. The number of fused-ring (bicyclic) bond motifs is 1. The van der Waals surface area contributed by atoms with Crippen LogP contribution >= 0.6 is 12.6 Å². The molecule has 2 rings (SSSR count). The highest BCUT2D eigenvalue weighted by molar-refractivity contribution is 7.80. The van der Waals surface area contributed by atoms with Gasteiger partial charge in [-0.15, -0.1) is 0 Å². The van der Waals surface area contributed by atoms with E-state index in [0.717, 1.165) is 16.5 Å². The highest BCUT2D eigenvalue weighted by atomic mass is 32.1. The van der Waals surface area contributed by atoms with Crippen molar-refractivity contribution in [2.45, 2.75) is 31.5 Å². The van der Waals surface area contributed by atoms with Gasteiger partial charge in [-0.2, -0.15) is 12.6 Å². The minimum Gasteiger partial charge on any atom is -0.480 e. The topological polar surface area (TPSA) is 166 Å². The third-order valence-corrected chi connectivity index (χ3v) is 4.82. The molecule has 7 N–H and O–H groups in total. The number of hydrogen-bond acceptors (Lipinski definition) is 6. The molecule has 3 atom stereocenters. The van der Waals surface area contributed by atoms with Crippen molar-refractivity contribution >= 4 is 47.2 Å². The van der Waals surface area contributed by atoms with E-state index in [0.29, 0.717) is 0 Å². The molecule has 0 fully saturated rings. The summed E-state index contributed by atoms with van der Waals surface area (Å²) in [6.45, 7) is 0.874. The number of nitrogens with two attached hydrogens (primary N) is 1. The minimum absolute atomic E-state index is 0.112. The summed E-state index contributed by atoms with van der Waals surface area (Å²) >= 11 is 3.94. The second-order valence-corrected chi connectivity index (χ2v) is 7.12. The number of amides is 3. The van der Waals surface area contributed by atoms with E-state index in [9.17, 15) is 19.2 Å². The molecule has 162 valence electrons. The zero-order valence-corrected chi connectivity index (χ0v) is 17.2. The minimum atomic E-state index is -1.21.